The second kappa shape index (κ2) is 9.18. The van der Waals surface area contributed by atoms with Crippen LogP contribution in [0.3, 0.4) is 0 Å². The van der Waals surface area contributed by atoms with Crippen LogP contribution >= 0.6 is 0 Å². The Labute approximate surface area is 155 Å². The van der Waals surface area contributed by atoms with E-state index in [1.165, 1.54) is 12.0 Å². The third-order valence-corrected chi connectivity index (χ3v) is 4.95. The maximum absolute atomic E-state index is 12.6. The van der Waals surface area contributed by atoms with E-state index in [2.05, 4.69) is 10.6 Å². The first-order chi connectivity index (χ1) is 12.7. The summed E-state index contributed by atoms with van der Waals surface area (Å²) in [7, 11) is 0. The maximum atomic E-state index is 12.6. The van der Waals surface area contributed by atoms with Gasteiger partial charge in [-0.05, 0) is 37.0 Å². The molecule has 1 aliphatic rings. The molecule has 2 N–H and O–H groups in total. The van der Waals surface area contributed by atoms with E-state index >= 15 is 0 Å². The number of hydrogen-bond donors (Lipinski definition) is 2. The molecule has 0 atom stereocenters. The molecule has 1 aliphatic carbocycles. The Morgan fingerprint density at radius 2 is 1.58 bits per heavy atom. The van der Waals surface area contributed by atoms with Crippen LogP contribution in [0.15, 0.2) is 54.6 Å². The summed E-state index contributed by atoms with van der Waals surface area (Å²) in [6, 6.07) is 17.3. The third kappa shape index (κ3) is 4.94. The molecule has 0 unspecified atom stereocenters. The minimum atomic E-state index is -0.152. The van der Waals surface area contributed by atoms with Gasteiger partial charge in [0.2, 0.25) is 5.91 Å². The number of rotatable bonds is 6. The van der Waals surface area contributed by atoms with E-state index in [1.54, 1.807) is 12.1 Å². The summed E-state index contributed by atoms with van der Waals surface area (Å²) >= 11 is 0. The van der Waals surface area contributed by atoms with Gasteiger partial charge in [0.15, 0.2) is 0 Å². The molecule has 1 fully saturated rings. The van der Waals surface area contributed by atoms with Gasteiger partial charge in [-0.2, -0.15) is 0 Å². The molecule has 0 saturated heterocycles. The standard InChI is InChI=1S/C22H26N2O2/c25-21(18-11-5-2-6-12-18)24-20-14-8-7-13-19(20)22(26)23-16-15-17-9-3-1-4-10-17/h1,3-4,7-10,13-14,18H,2,5-6,11-12,15-16H2,(H,23,26)(H,24,25). The Morgan fingerprint density at radius 3 is 2.35 bits per heavy atom. The molecular weight excluding hydrogens is 324 g/mol. The maximum Gasteiger partial charge on any atom is 0.253 e. The van der Waals surface area contributed by atoms with Crippen molar-refractivity contribution in [2.75, 3.05) is 11.9 Å². The molecule has 136 valence electrons. The summed E-state index contributed by atoms with van der Waals surface area (Å²) in [5.74, 6) is -0.0485. The molecule has 0 heterocycles. The van der Waals surface area contributed by atoms with Crippen LogP contribution in [-0.2, 0) is 11.2 Å². The van der Waals surface area contributed by atoms with Crippen molar-refractivity contribution >= 4 is 17.5 Å². The van der Waals surface area contributed by atoms with Crippen LogP contribution < -0.4 is 10.6 Å². The van der Waals surface area contributed by atoms with E-state index in [4.69, 9.17) is 0 Å². The third-order valence-electron chi connectivity index (χ3n) is 4.95. The van der Waals surface area contributed by atoms with Crippen LogP contribution in [0.5, 0.6) is 0 Å². The topological polar surface area (TPSA) is 58.2 Å². The fourth-order valence-electron chi connectivity index (χ4n) is 3.45. The van der Waals surface area contributed by atoms with Gasteiger partial charge in [0.1, 0.15) is 0 Å². The summed E-state index contributed by atoms with van der Waals surface area (Å²) in [5.41, 5.74) is 2.30. The fraction of sp³-hybridized carbons (Fsp3) is 0.364. The average molecular weight is 350 g/mol. The highest BCUT2D eigenvalue weighted by molar-refractivity contribution is 6.04. The van der Waals surface area contributed by atoms with Crippen molar-refractivity contribution in [2.24, 2.45) is 5.92 Å². The Morgan fingerprint density at radius 1 is 0.885 bits per heavy atom. The summed E-state index contributed by atoms with van der Waals surface area (Å²) in [6.07, 6.45) is 6.10. The van der Waals surface area contributed by atoms with E-state index in [-0.39, 0.29) is 17.7 Å². The Hall–Kier alpha value is -2.62. The van der Waals surface area contributed by atoms with Gasteiger partial charge < -0.3 is 10.6 Å². The van der Waals surface area contributed by atoms with Gasteiger partial charge in [-0.1, -0.05) is 61.7 Å². The van der Waals surface area contributed by atoms with Gasteiger partial charge in [-0.15, -0.1) is 0 Å². The minimum Gasteiger partial charge on any atom is -0.352 e. The molecule has 2 aromatic carbocycles. The summed E-state index contributed by atoms with van der Waals surface area (Å²) in [6.45, 7) is 0.563. The quantitative estimate of drug-likeness (QED) is 0.821. The summed E-state index contributed by atoms with van der Waals surface area (Å²) in [5, 5.41) is 5.92. The van der Waals surface area contributed by atoms with E-state index in [1.807, 2.05) is 42.5 Å². The smallest absolute Gasteiger partial charge is 0.253 e. The summed E-state index contributed by atoms with van der Waals surface area (Å²) in [4.78, 5) is 25.0. The monoisotopic (exact) mass is 350 g/mol. The molecular formula is C22H26N2O2. The molecule has 0 aromatic heterocycles. The molecule has 0 radical (unpaired) electrons. The molecule has 2 aromatic rings. The second-order valence-corrected chi connectivity index (χ2v) is 6.86. The minimum absolute atomic E-state index is 0.0363. The number of anilines is 1. The van der Waals surface area contributed by atoms with Gasteiger partial charge in [-0.3, -0.25) is 9.59 Å². The van der Waals surface area contributed by atoms with Gasteiger partial charge in [0.05, 0.1) is 11.3 Å². The van der Waals surface area contributed by atoms with Crippen LogP contribution in [-0.4, -0.2) is 18.4 Å². The van der Waals surface area contributed by atoms with Crippen molar-refractivity contribution in [2.45, 2.75) is 38.5 Å². The first-order valence-electron chi connectivity index (χ1n) is 9.46. The number of nitrogens with one attached hydrogen (secondary N) is 2. The van der Waals surface area contributed by atoms with Crippen molar-refractivity contribution < 1.29 is 9.59 Å². The molecule has 0 aliphatic heterocycles. The lowest BCUT2D eigenvalue weighted by molar-refractivity contribution is -0.120. The van der Waals surface area contributed by atoms with Gasteiger partial charge in [-0.25, -0.2) is 0 Å². The first kappa shape index (κ1) is 18.2. The molecule has 0 spiro atoms. The highest BCUT2D eigenvalue weighted by atomic mass is 16.2. The fourth-order valence-corrected chi connectivity index (χ4v) is 3.45. The van der Waals surface area contributed by atoms with Crippen LogP contribution in [0.2, 0.25) is 0 Å². The largest absolute Gasteiger partial charge is 0.352 e. The molecule has 3 rings (SSSR count). The van der Waals surface area contributed by atoms with E-state index in [9.17, 15) is 9.59 Å². The zero-order valence-electron chi connectivity index (χ0n) is 15.0. The predicted octanol–water partition coefficient (Wildman–Crippen LogP) is 4.18. The van der Waals surface area contributed by atoms with Crippen molar-refractivity contribution in [3.63, 3.8) is 0 Å². The van der Waals surface area contributed by atoms with E-state index in [0.717, 1.165) is 32.1 Å². The molecule has 4 heteroatoms. The van der Waals surface area contributed by atoms with Crippen molar-refractivity contribution in [1.29, 1.82) is 0 Å². The number of para-hydroxylation sites is 1. The first-order valence-corrected chi connectivity index (χ1v) is 9.46. The molecule has 4 nitrogen and oxygen atoms in total. The zero-order valence-corrected chi connectivity index (χ0v) is 15.0. The SMILES string of the molecule is O=C(NCCc1ccccc1)c1ccccc1NC(=O)C1CCCCC1. The lowest BCUT2D eigenvalue weighted by Crippen LogP contribution is -2.29. The zero-order chi connectivity index (χ0) is 18.2. The van der Waals surface area contributed by atoms with Crippen molar-refractivity contribution in [3.05, 3.63) is 65.7 Å². The normalized spacial score (nSPS) is 14.6. The lowest BCUT2D eigenvalue weighted by atomic mass is 9.88. The van der Waals surface area contributed by atoms with E-state index < -0.39 is 0 Å². The van der Waals surface area contributed by atoms with Gasteiger partial charge in [0, 0.05) is 12.5 Å². The number of carbonyl (C=O) groups is 2. The highest BCUT2D eigenvalue weighted by Gasteiger charge is 2.22. The van der Waals surface area contributed by atoms with Crippen LogP contribution in [0.25, 0.3) is 0 Å². The molecule has 2 amide bonds. The molecule has 26 heavy (non-hydrogen) atoms. The number of hydrogen-bond acceptors (Lipinski definition) is 2. The highest BCUT2D eigenvalue weighted by Crippen LogP contribution is 2.25. The summed E-state index contributed by atoms with van der Waals surface area (Å²) < 4.78 is 0. The van der Waals surface area contributed by atoms with Gasteiger partial charge >= 0.3 is 0 Å². The Balaban J connectivity index is 1.58. The van der Waals surface area contributed by atoms with Gasteiger partial charge in [0.25, 0.3) is 5.91 Å². The Bertz CT molecular complexity index is 737. The van der Waals surface area contributed by atoms with Crippen LogP contribution in [0.1, 0.15) is 48.0 Å². The van der Waals surface area contributed by atoms with E-state index in [0.29, 0.717) is 17.8 Å². The number of amides is 2. The second-order valence-electron chi connectivity index (χ2n) is 6.86. The van der Waals surface area contributed by atoms with Crippen molar-refractivity contribution in [3.8, 4) is 0 Å². The predicted molar refractivity (Wildman–Crippen MR) is 104 cm³/mol. The number of benzene rings is 2. The Kier molecular flexibility index (Phi) is 6.42. The van der Waals surface area contributed by atoms with Crippen LogP contribution in [0.4, 0.5) is 5.69 Å². The average Bonchev–Trinajstić information content (AvgIpc) is 2.70. The lowest BCUT2D eigenvalue weighted by Gasteiger charge is -2.21. The molecule has 0 bridgehead atoms. The van der Waals surface area contributed by atoms with Crippen molar-refractivity contribution in [1.82, 2.24) is 5.32 Å². The van der Waals surface area contributed by atoms with Crippen LogP contribution in [0, 0.1) is 5.92 Å². The number of carbonyl (C=O) groups excluding carboxylic acids is 2. The molecule has 1 saturated carbocycles.